The predicted octanol–water partition coefficient (Wildman–Crippen LogP) is -0.0992. The minimum Gasteiger partial charge on any atom is -0.343 e. The van der Waals surface area contributed by atoms with E-state index in [2.05, 4.69) is 31.2 Å². The minimum atomic E-state index is -3.65. The molecule has 7 nitrogen and oxygen atoms in total. The molecule has 0 unspecified atom stereocenters. The Hall–Kier alpha value is -2.21. The first-order chi connectivity index (χ1) is 10.1. The van der Waals surface area contributed by atoms with E-state index in [0.717, 1.165) is 0 Å². The summed E-state index contributed by atoms with van der Waals surface area (Å²) in [5.41, 5.74) is 5.72. The second kappa shape index (κ2) is 6.99. The van der Waals surface area contributed by atoms with Crippen LogP contribution in [0.1, 0.15) is 11.4 Å². The maximum atomic E-state index is 12.3. The number of sulfonamides is 1. The third-order valence-electron chi connectivity index (χ3n) is 2.55. The largest absolute Gasteiger partial charge is 0.343 e. The number of rotatable bonds is 5. The lowest BCUT2D eigenvalue weighted by molar-refractivity contribution is 0.410. The summed E-state index contributed by atoms with van der Waals surface area (Å²) in [7, 11) is -3.65. The molecule has 0 saturated heterocycles. The van der Waals surface area contributed by atoms with Crippen LogP contribution in [0.5, 0.6) is 0 Å². The van der Waals surface area contributed by atoms with E-state index in [0.29, 0.717) is 17.8 Å². The molecule has 0 aliphatic carbocycles. The summed E-state index contributed by atoms with van der Waals surface area (Å²) in [6, 6.07) is 6.49. The Labute approximate surface area is 122 Å². The van der Waals surface area contributed by atoms with E-state index in [1.807, 2.05) is 0 Å². The summed E-state index contributed by atoms with van der Waals surface area (Å²) in [5.74, 6) is 5.84. The number of nitrogens with zero attached hydrogens (tertiary/aromatic N) is 2. The van der Waals surface area contributed by atoms with Gasteiger partial charge in [-0.3, -0.25) is 0 Å². The first kappa shape index (κ1) is 15.2. The number of nitrogens with two attached hydrogens (primary N) is 1. The highest BCUT2D eigenvalue weighted by Crippen LogP contribution is 2.14. The van der Waals surface area contributed by atoms with Gasteiger partial charge in [0.1, 0.15) is 0 Å². The zero-order valence-corrected chi connectivity index (χ0v) is 11.9. The summed E-state index contributed by atoms with van der Waals surface area (Å²) in [6.07, 6.45) is 1.54. The fourth-order valence-electron chi connectivity index (χ4n) is 1.63. The summed E-state index contributed by atoms with van der Waals surface area (Å²) < 4.78 is 31.6. The summed E-state index contributed by atoms with van der Waals surface area (Å²) in [5, 5.41) is 3.61. The molecule has 8 heteroatoms. The fourth-order valence-corrected chi connectivity index (χ4v) is 2.82. The molecule has 2 aromatic rings. The van der Waals surface area contributed by atoms with Crippen LogP contribution in [-0.4, -0.2) is 31.6 Å². The third kappa shape index (κ3) is 4.13. The van der Waals surface area contributed by atoms with Gasteiger partial charge in [-0.25, -0.2) is 13.1 Å². The third-order valence-corrected chi connectivity index (χ3v) is 4.07. The molecule has 0 aliphatic heterocycles. The SMILES string of the molecule is NCC#Cc1ccccc1S(=O)(=O)NCCc1ncon1. The van der Waals surface area contributed by atoms with Crippen LogP contribution in [0, 0.1) is 11.8 Å². The van der Waals surface area contributed by atoms with Gasteiger partial charge in [0.2, 0.25) is 16.4 Å². The molecule has 0 spiro atoms. The van der Waals surface area contributed by atoms with Crippen LogP contribution in [-0.2, 0) is 16.4 Å². The van der Waals surface area contributed by atoms with Crippen LogP contribution < -0.4 is 10.5 Å². The Morgan fingerprint density at radius 2 is 2.14 bits per heavy atom. The maximum absolute atomic E-state index is 12.3. The van der Waals surface area contributed by atoms with Crippen LogP contribution in [0.2, 0.25) is 0 Å². The van der Waals surface area contributed by atoms with E-state index >= 15 is 0 Å². The van der Waals surface area contributed by atoms with Crippen molar-refractivity contribution in [2.24, 2.45) is 5.73 Å². The molecule has 0 aliphatic rings. The summed E-state index contributed by atoms with van der Waals surface area (Å²) in [6.45, 7) is 0.333. The number of hydrogen-bond acceptors (Lipinski definition) is 6. The van der Waals surface area contributed by atoms with E-state index in [-0.39, 0.29) is 18.0 Å². The van der Waals surface area contributed by atoms with Crippen molar-refractivity contribution in [1.82, 2.24) is 14.9 Å². The fraction of sp³-hybridized carbons (Fsp3) is 0.231. The van der Waals surface area contributed by atoms with Crippen LogP contribution in [0.25, 0.3) is 0 Å². The Morgan fingerprint density at radius 3 is 2.86 bits per heavy atom. The molecule has 21 heavy (non-hydrogen) atoms. The zero-order valence-electron chi connectivity index (χ0n) is 11.1. The number of nitrogens with one attached hydrogen (secondary N) is 1. The maximum Gasteiger partial charge on any atom is 0.241 e. The smallest absolute Gasteiger partial charge is 0.241 e. The predicted molar refractivity (Wildman–Crippen MR) is 75.6 cm³/mol. The van der Waals surface area contributed by atoms with Gasteiger partial charge in [-0.05, 0) is 12.1 Å². The first-order valence-corrected chi connectivity index (χ1v) is 7.64. The van der Waals surface area contributed by atoms with Crippen molar-refractivity contribution in [1.29, 1.82) is 0 Å². The molecule has 110 valence electrons. The molecule has 0 bridgehead atoms. The molecule has 0 fully saturated rings. The molecule has 0 amide bonds. The monoisotopic (exact) mass is 306 g/mol. The second-order valence-electron chi connectivity index (χ2n) is 4.00. The molecule has 1 heterocycles. The molecule has 2 rings (SSSR count). The highest BCUT2D eigenvalue weighted by atomic mass is 32.2. The van der Waals surface area contributed by atoms with Crippen molar-refractivity contribution in [3.8, 4) is 11.8 Å². The molecule has 0 atom stereocenters. The zero-order chi connectivity index (χ0) is 15.1. The average Bonchev–Trinajstić information content (AvgIpc) is 2.98. The summed E-state index contributed by atoms with van der Waals surface area (Å²) in [4.78, 5) is 3.94. The van der Waals surface area contributed by atoms with Crippen LogP contribution in [0.4, 0.5) is 0 Å². The molecule has 0 saturated carbocycles. The van der Waals surface area contributed by atoms with Gasteiger partial charge in [-0.15, -0.1) is 0 Å². The van der Waals surface area contributed by atoms with Crippen molar-refractivity contribution >= 4 is 10.0 Å². The Kier molecular flexibility index (Phi) is 5.05. The number of hydrogen-bond donors (Lipinski definition) is 2. The van der Waals surface area contributed by atoms with Gasteiger partial charge in [0.05, 0.1) is 11.4 Å². The van der Waals surface area contributed by atoms with Gasteiger partial charge < -0.3 is 10.3 Å². The molecule has 1 aromatic carbocycles. The van der Waals surface area contributed by atoms with Crippen LogP contribution in [0.15, 0.2) is 40.1 Å². The van der Waals surface area contributed by atoms with E-state index in [9.17, 15) is 8.42 Å². The van der Waals surface area contributed by atoms with Crippen molar-refractivity contribution < 1.29 is 12.9 Å². The Bertz CT molecular complexity index is 745. The Balaban J connectivity index is 2.12. The molecular formula is C13H14N4O3S. The quantitative estimate of drug-likeness (QED) is 0.746. The highest BCUT2D eigenvalue weighted by molar-refractivity contribution is 7.89. The van der Waals surface area contributed by atoms with Crippen molar-refractivity contribution in [2.75, 3.05) is 13.1 Å². The van der Waals surface area contributed by atoms with Gasteiger partial charge in [0.15, 0.2) is 5.82 Å². The van der Waals surface area contributed by atoms with E-state index in [1.165, 1.54) is 12.5 Å². The molecule has 0 radical (unpaired) electrons. The van der Waals surface area contributed by atoms with Crippen molar-refractivity contribution in [3.63, 3.8) is 0 Å². The topological polar surface area (TPSA) is 111 Å². The van der Waals surface area contributed by atoms with E-state index in [1.54, 1.807) is 18.2 Å². The standard InChI is InChI=1S/C13H14N4O3S/c14-8-3-5-11-4-1-2-6-12(11)21(18,19)16-9-7-13-15-10-20-17-13/h1-2,4,6,10,16H,7-9,14H2. The van der Waals surface area contributed by atoms with Crippen molar-refractivity contribution in [2.45, 2.75) is 11.3 Å². The lowest BCUT2D eigenvalue weighted by Crippen LogP contribution is -2.27. The van der Waals surface area contributed by atoms with Gasteiger partial charge in [0.25, 0.3) is 0 Å². The van der Waals surface area contributed by atoms with Crippen LogP contribution >= 0.6 is 0 Å². The number of aromatic nitrogens is 2. The highest BCUT2D eigenvalue weighted by Gasteiger charge is 2.17. The van der Waals surface area contributed by atoms with E-state index in [4.69, 9.17) is 5.73 Å². The van der Waals surface area contributed by atoms with Gasteiger partial charge in [-0.2, -0.15) is 4.98 Å². The number of benzene rings is 1. The first-order valence-electron chi connectivity index (χ1n) is 6.16. The molecule has 1 aromatic heterocycles. The minimum absolute atomic E-state index is 0.124. The van der Waals surface area contributed by atoms with Gasteiger partial charge >= 0.3 is 0 Å². The lowest BCUT2D eigenvalue weighted by atomic mass is 10.2. The molecular weight excluding hydrogens is 292 g/mol. The summed E-state index contributed by atoms with van der Waals surface area (Å²) >= 11 is 0. The van der Waals surface area contributed by atoms with Crippen molar-refractivity contribution in [3.05, 3.63) is 42.0 Å². The van der Waals surface area contributed by atoms with Gasteiger partial charge in [-0.1, -0.05) is 29.1 Å². The second-order valence-corrected chi connectivity index (χ2v) is 5.73. The molecule has 3 N–H and O–H groups in total. The Morgan fingerprint density at radius 1 is 1.33 bits per heavy atom. The van der Waals surface area contributed by atoms with Gasteiger partial charge in [0, 0.05) is 18.5 Å². The lowest BCUT2D eigenvalue weighted by Gasteiger charge is -2.07. The van der Waals surface area contributed by atoms with E-state index < -0.39 is 10.0 Å². The average molecular weight is 306 g/mol. The normalized spacial score (nSPS) is 10.9. The van der Waals surface area contributed by atoms with Crippen LogP contribution in [0.3, 0.4) is 0 Å².